The lowest BCUT2D eigenvalue weighted by molar-refractivity contribution is -0.121. The Labute approximate surface area is 180 Å². The summed E-state index contributed by atoms with van der Waals surface area (Å²) in [7, 11) is 0. The second kappa shape index (κ2) is 8.77. The van der Waals surface area contributed by atoms with Crippen molar-refractivity contribution in [1.82, 2.24) is 14.9 Å². The summed E-state index contributed by atoms with van der Waals surface area (Å²) in [5.74, 6) is -0.525. The van der Waals surface area contributed by atoms with E-state index in [0.717, 1.165) is 11.1 Å². The Morgan fingerprint density at radius 1 is 1.17 bits per heavy atom. The molecule has 2 aromatic heterocycles. The topological polar surface area (TPSA) is 64.0 Å². The van der Waals surface area contributed by atoms with Crippen molar-refractivity contribution in [2.75, 3.05) is 0 Å². The molecule has 1 N–H and O–H groups in total. The fraction of sp³-hybridized carbons (Fsp3) is 0.136. The zero-order valence-electron chi connectivity index (χ0n) is 15.8. The summed E-state index contributed by atoms with van der Waals surface area (Å²) in [6, 6.07) is 13.3. The second-order valence-electron chi connectivity index (χ2n) is 6.70. The highest BCUT2D eigenvalue weighted by Gasteiger charge is 2.14. The van der Waals surface area contributed by atoms with E-state index in [1.807, 2.05) is 23.6 Å². The molecule has 0 spiro atoms. The van der Waals surface area contributed by atoms with Gasteiger partial charge in [0, 0.05) is 35.5 Å². The van der Waals surface area contributed by atoms with E-state index in [1.165, 1.54) is 34.4 Å². The van der Waals surface area contributed by atoms with Gasteiger partial charge in [0.05, 0.1) is 11.7 Å². The molecule has 0 saturated carbocycles. The number of benzene rings is 2. The molecule has 0 fully saturated rings. The number of nitrogens with zero attached hydrogens (tertiary/aromatic N) is 2. The van der Waals surface area contributed by atoms with Gasteiger partial charge in [-0.15, -0.1) is 11.3 Å². The molecule has 152 valence electrons. The molecule has 0 atom stereocenters. The summed E-state index contributed by atoms with van der Waals surface area (Å²) in [4.78, 5) is 30.2. The molecule has 1 amide bonds. The van der Waals surface area contributed by atoms with Crippen LogP contribution in [0.4, 0.5) is 4.39 Å². The molecular formula is C22H17ClFN3O2S. The number of aromatic nitrogens is 2. The highest BCUT2D eigenvalue weighted by molar-refractivity contribution is 7.17. The maximum atomic E-state index is 13.2. The van der Waals surface area contributed by atoms with Gasteiger partial charge in [0.2, 0.25) is 5.91 Å². The predicted octanol–water partition coefficient (Wildman–Crippen LogP) is 4.62. The second-order valence-corrected chi connectivity index (χ2v) is 7.96. The van der Waals surface area contributed by atoms with Gasteiger partial charge in [-0.1, -0.05) is 41.9 Å². The van der Waals surface area contributed by atoms with Crippen molar-refractivity contribution in [2.45, 2.75) is 19.5 Å². The quantitative estimate of drug-likeness (QED) is 0.474. The van der Waals surface area contributed by atoms with Crippen LogP contribution in [-0.4, -0.2) is 15.5 Å². The molecule has 0 radical (unpaired) electrons. The Bertz CT molecular complexity index is 1270. The van der Waals surface area contributed by atoms with Crippen molar-refractivity contribution in [3.63, 3.8) is 0 Å². The van der Waals surface area contributed by atoms with Crippen molar-refractivity contribution in [2.24, 2.45) is 0 Å². The van der Waals surface area contributed by atoms with E-state index in [-0.39, 0.29) is 30.2 Å². The lowest BCUT2D eigenvalue weighted by Crippen LogP contribution is -2.27. The lowest BCUT2D eigenvalue weighted by Gasteiger charge is -2.08. The number of rotatable bonds is 6. The standard InChI is InChI=1S/C22H17ClFN3O2S/c23-18-4-2-1-3-15(18)11-25-19(28)9-10-27-13-26-21-20(22(27)29)17(12-30-21)14-5-7-16(24)8-6-14/h1-8,12-13H,9-11H2,(H,25,28). The zero-order valence-corrected chi connectivity index (χ0v) is 17.3. The van der Waals surface area contributed by atoms with Crippen LogP contribution < -0.4 is 10.9 Å². The Morgan fingerprint density at radius 3 is 2.70 bits per heavy atom. The predicted molar refractivity (Wildman–Crippen MR) is 117 cm³/mol. The average molecular weight is 442 g/mol. The maximum Gasteiger partial charge on any atom is 0.262 e. The Morgan fingerprint density at radius 2 is 1.93 bits per heavy atom. The highest BCUT2D eigenvalue weighted by atomic mass is 35.5. The molecule has 4 aromatic rings. The number of thiophene rings is 1. The Hall–Kier alpha value is -3.03. The summed E-state index contributed by atoms with van der Waals surface area (Å²) in [6.07, 6.45) is 1.59. The number of hydrogen-bond acceptors (Lipinski definition) is 4. The van der Waals surface area contributed by atoms with Crippen molar-refractivity contribution >= 4 is 39.1 Å². The number of nitrogens with one attached hydrogen (secondary N) is 1. The molecule has 0 aliphatic heterocycles. The number of aryl methyl sites for hydroxylation is 1. The minimum Gasteiger partial charge on any atom is -0.352 e. The fourth-order valence-corrected chi connectivity index (χ4v) is 4.22. The van der Waals surface area contributed by atoms with Crippen LogP contribution in [0.3, 0.4) is 0 Å². The van der Waals surface area contributed by atoms with Gasteiger partial charge in [0.15, 0.2) is 0 Å². The minimum atomic E-state index is -0.336. The normalized spacial score (nSPS) is 11.0. The number of hydrogen-bond donors (Lipinski definition) is 1. The third-order valence-electron chi connectivity index (χ3n) is 4.73. The summed E-state index contributed by atoms with van der Waals surface area (Å²) in [5, 5.41) is 5.72. The smallest absolute Gasteiger partial charge is 0.262 e. The molecule has 4 rings (SSSR count). The summed E-state index contributed by atoms with van der Waals surface area (Å²) >= 11 is 7.45. The largest absolute Gasteiger partial charge is 0.352 e. The highest BCUT2D eigenvalue weighted by Crippen LogP contribution is 2.30. The van der Waals surface area contributed by atoms with Gasteiger partial charge in [-0.2, -0.15) is 0 Å². The summed E-state index contributed by atoms with van der Waals surface area (Å²) < 4.78 is 14.7. The average Bonchev–Trinajstić information content (AvgIpc) is 3.18. The maximum absolute atomic E-state index is 13.2. The first kappa shape index (κ1) is 20.3. The number of fused-ring (bicyclic) bond motifs is 1. The lowest BCUT2D eigenvalue weighted by atomic mass is 10.1. The molecule has 0 saturated heterocycles. The monoisotopic (exact) mass is 441 g/mol. The zero-order chi connectivity index (χ0) is 21.1. The van der Waals surface area contributed by atoms with Crippen molar-refractivity contribution in [3.8, 4) is 11.1 Å². The van der Waals surface area contributed by atoms with Gasteiger partial charge >= 0.3 is 0 Å². The fourth-order valence-electron chi connectivity index (χ4n) is 3.11. The minimum absolute atomic E-state index is 0.133. The van der Waals surface area contributed by atoms with E-state index in [2.05, 4.69) is 10.3 Å². The molecule has 8 heteroatoms. The van der Waals surface area contributed by atoms with Crippen LogP contribution in [0, 0.1) is 5.82 Å². The first-order valence-corrected chi connectivity index (χ1v) is 10.5. The first-order chi connectivity index (χ1) is 14.5. The van der Waals surface area contributed by atoms with Crippen LogP contribution in [0.1, 0.15) is 12.0 Å². The molecule has 0 aliphatic carbocycles. The third-order valence-corrected chi connectivity index (χ3v) is 5.98. The molecule has 0 unspecified atom stereocenters. The molecule has 2 heterocycles. The van der Waals surface area contributed by atoms with Gasteiger partial charge in [-0.3, -0.25) is 14.2 Å². The van der Waals surface area contributed by atoms with Crippen LogP contribution in [-0.2, 0) is 17.9 Å². The van der Waals surface area contributed by atoms with Crippen LogP contribution in [0.5, 0.6) is 0 Å². The third kappa shape index (κ3) is 4.27. The Balaban J connectivity index is 1.49. The molecule has 0 bridgehead atoms. The Kier molecular flexibility index (Phi) is 5.92. The number of halogens is 2. The van der Waals surface area contributed by atoms with E-state index >= 15 is 0 Å². The van der Waals surface area contributed by atoms with Gasteiger partial charge in [0.1, 0.15) is 10.6 Å². The molecule has 30 heavy (non-hydrogen) atoms. The number of amides is 1. The molecule has 2 aromatic carbocycles. The van der Waals surface area contributed by atoms with Crippen molar-refractivity contribution in [3.05, 3.63) is 87.0 Å². The van der Waals surface area contributed by atoms with Crippen LogP contribution in [0.15, 0.2) is 65.0 Å². The summed E-state index contributed by atoms with van der Waals surface area (Å²) in [5.41, 5.74) is 2.07. The van der Waals surface area contributed by atoms with E-state index in [4.69, 9.17) is 11.6 Å². The molecule has 5 nitrogen and oxygen atoms in total. The van der Waals surface area contributed by atoms with Gasteiger partial charge in [-0.05, 0) is 29.3 Å². The van der Waals surface area contributed by atoms with Gasteiger partial charge in [-0.25, -0.2) is 9.37 Å². The van der Waals surface area contributed by atoms with Gasteiger partial charge < -0.3 is 5.32 Å². The van der Waals surface area contributed by atoms with Gasteiger partial charge in [0.25, 0.3) is 5.56 Å². The molecule has 0 aliphatic rings. The van der Waals surface area contributed by atoms with Crippen LogP contribution in [0.25, 0.3) is 21.3 Å². The summed E-state index contributed by atoms with van der Waals surface area (Å²) in [6.45, 7) is 0.527. The van der Waals surface area contributed by atoms with E-state index in [1.54, 1.807) is 18.2 Å². The number of carbonyl (C=O) groups excluding carboxylic acids is 1. The molecular weight excluding hydrogens is 425 g/mol. The SMILES string of the molecule is O=C(CCn1cnc2scc(-c3ccc(F)cc3)c2c1=O)NCc1ccccc1Cl. The van der Waals surface area contributed by atoms with E-state index in [0.29, 0.717) is 27.3 Å². The van der Waals surface area contributed by atoms with E-state index < -0.39 is 0 Å². The van der Waals surface area contributed by atoms with Crippen LogP contribution >= 0.6 is 22.9 Å². The van der Waals surface area contributed by atoms with E-state index in [9.17, 15) is 14.0 Å². The van der Waals surface area contributed by atoms with Crippen molar-refractivity contribution < 1.29 is 9.18 Å². The van der Waals surface area contributed by atoms with Crippen molar-refractivity contribution in [1.29, 1.82) is 0 Å². The number of carbonyl (C=O) groups is 1. The first-order valence-electron chi connectivity index (χ1n) is 9.25. The van der Waals surface area contributed by atoms with Crippen LogP contribution in [0.2, 0.25) is 5.02 Å².